The summed E-state index contributed by atoms with van der Waals surface area (Å²) in [6, 6.07) is 17.3. The molecule has 5 rings (SSSR count). The summed E-state index contributed by atoms with van der Waals surface area (Å²) in [6.07, 6.45) is -3.77. The van der Waals surface area contributed by atoms with Gasteiger partial charge in [-0.1, -0.05) is 23.7 Å². The van der Waals surface area contributed by atoms with Gasteiger partial charge in [-0.3, -0.25) is 4.79 Å². The molecule has 2 aliphatic heterocycles. The Morgan fingerprint density at radius 1 is 0.914 bits per heavy atom. The Hall–Kier alpha value is -3.52. The van der Waals surface area contributed by atoms with Crippen molar-refractivity contribution in [1.82, 2.24) is 9.80 Å². The zero-order valence-electron chi connectivity index (χ0n) is 18.6. The number of halogens is 4. The summed E-state index contributed by atoms with van der Waals surface area (Å²) < 4.78 is 45.7. The van der Waals surface area contributed by atoms with E-state index in [1.807, 2.05) is 12.1 Å². The number of rotatable bonds is 1. The van der Waals surface area contributed by atoms with E-state index in [1.54, 1.807) is 41.3 Å². The van der Waals surface area contributed by atoms with E-state index in [1.165, 1.54) is 6.07 Å². The fourth-order valence-corrected chi connectivity index (χ4v) is 4.37. The molecule has 2 aliphatic rings. The predicted octanol–water partition coefficient (Wildman–Crippen LogP) is 6.39. The number of amidine groups is 1. The van der Waals surface area contributed by atoms with Crippen LogP contribution in [-0.4, -0.2) is 47.7 Å². The molecule has 0 N–H and O–H groups in total. The van der Waals surface area contributed by atoms with Crippen molar-refractivity contribution < 1.29 is 22.7 Å². The Labute approximate surface area is 205 Å². The molecule has 3 aromatic rings. The van der Waals surface area contributed by atoms with Crippen molar-refractivity contribution in [3.8, 4) is 11.5 Å². The predicted molar refractivity (Wildman–Crippen MR) is 128 cm³/mol. The fraction of sp³-hybridized carbons (Fsp3) is 0.231. The summed E-state index contributed by atoms with van der Waals surface area (Å²) >= 11 is 5.94. The summed E-state index contributed by atoms with van der Waals surface area (Å²) in [4.78, 5) is 21.6. The number of alkyl halides is 3. The first-order valence-electron chi connectivity index (χ1n) is 11.2. The van der Waals surface area contributed by atoms with Crippen LogP contribution in [0.2, 0.25) is 5.02 Å². The first-order valence-corrected chi connectivity index (χ1v) is 11.5. The highest BCUT2D eigenvalue weighted by molar-refractivity contribution is 6.30. The lowest BCUT2D eigenvalue weighted by Crippen LogP contribution is -2.37. The molecule has 2 heterocycles. The van der Waals surface area contributed by atoms with Gasteiger partial charge in [0.25, 0.3) is 5.91 Å². The van der Waals surface area contributed by atoms with Gasteiger partial charge < -0.3 is 14.5 Å². The average molecular weight is 500 g/mol. The van der Waals surface area contributed by atoms with Crippen molar-refractivity contribution in [2.24, 2.45) is 4.99 Å². The van der Waals surface area contributed by atoms with Gasteiger partial charge in [0, 0.05) is 36.8 Å². The molecule has 0 aliphatic carbocycles. The second-order valence-electron chi connectivity index (χ2n) is 8.35. The quantitative estimate of drug-likeness (QED) is 0.389. The second kappa shape index (κ2) is 9.26. The number of carbonyl (C=O) groups excluding carboxylic acids is 1. The highest BCUT2D eigenvalue weighted by atomic mass is 35.5. The fourth-order valence-electron chi connectivity index (χ4n) is 4.25. The molecule has 3 aromatic carbocycles. The first-order chi connectivity index (χ1) is 16.8. The normalized spacial score (nSPS) is 15.8. The molecule has 0 atom stereocenters. The Bertz CT molecular complexity index is 1290. The number of ether oxygens (including phenoxy) is 1. The van der Waals surface area contributed by atoms with Gasteiger partial charge in [0.1, 0.15) is 17.3 Å². The summed E-state index contributed by atoms with van der Waals surface area (Å²) in [6.45, 7) is 2.20. The Morgan fingerprint density at radius 3 is 2.46 bits per heavy atom. The number of amides is 1. The zero-order chi connectivity index (χ0) is 24.6. The molecule has 1 fully saturated rings. The standard InChI is InChI=1S/C26H21ClF3N3O2/c27-19-9-6-17(7-10-19)25(34)33-13-3-12-32(14-15-33)24-20-4-1-2-5-22(20)35-23-16-18(26(28,29)30)8-11-21(23)31-24/h1-2,4-11,16H,3,12-15H2. The van der Waals surface area contributed by atoms with Crippen LogP contribution in [0.3, 0.4) is 0 Å². The Kier molecular flexibility index (Phi) is 6.15. The maximum absolute atomic E-state index is 13.3. The molecule has 0 unspecified atom stereocenters. The minimum atomic E-state index is -4.48. The minimum absolute atomic E-state index is 0.0524. The number of hydrogen-bond donors (Lipinski definition) is 0. The number of para-hydroxylation sites is 1. The van der Waals surface area contributed by atoms with Gasteiger partial charge in [-0.2, -0.15) is 13.2 Å². The van der Waals surface area contributed by atoms with Gasteiger partial charge in [-0.25, -0.2) is 4.99 Å². The van der Waals surface area contributed by atoms with Crippen molar-refractivity contribution in [3.05, 3.63) is 88.4 Å². The Morgan fingerprint density at radius 2 is 1.69 bits per heavy atom. The summed E-state index contributed by atoms with van der Waals surface area (Å²) in [5, 5.41) is 0.568. The topological polar surface area (TPSA) is 45.1 Å². The van der Waals surface area contributed by atoms with Crippen LogP contribution >= 0.6 is 11.6 Å². The Balaban J connectivity index is 1.45. The number of hydrogen-bond acceptors (Lipinski definition) is 4. The monoisotopic (exact) mass is 499 g/mol. The molecule has 0 spiro atoms. The number of aliphatic imine (C=N–C) groups is 1. The van der Waals surface area contributed by atoms with Crippen LogP contribution in [0.25, 0.3) is 0 Å². The lowest BCUT2D eigenvalue weighted by Gasteiger charge is -2.25. The molecular weight excluding hydrogens is 479 g/mol. The van der Waals surface area contributed by atoms with Gasteiger partial charge in [0.2, 0.25) is 0 Å². The molecule has 0 aromatic heterocycles. The lowest BCUT2D eigenvalue weighted by molar-refractivity contribution is -0.137. The van der Waals surface area contributed by atoms with Crippen LogP contribution in [0.4, 0.5) is 18.9 Å². The van der Waals surface area contributed by atoms with Crippen molar-refractivity contribution in [1.29, 1.82) is 0 Å². The van der Waals surface area contributed by atoms with E-state index in [4.69, 9.17) is 21.3 Å². The molecule has 35 heavy (non-hydrogen) atoms. The largest absolute Gasteiger partial charge is 0.454 e. The highest BCUT2D eigenvalue weighted by Crippen LogP contribution is 2.41. The van der Waals surface area contributed by atoms with Gasteiger partial charge in [0.15, 0.2) is 5.75 Å². The molecule has 0 radical (unpaired) electrons. The van der Waals surface area contributed by atoms with Crippen LogP contribution in [0, 0.1) is 0 Å². The van der Waals surface area contributed by atoms with E-state index in [2.05, 4.69) is 4.90 Å². The number of benzene rings is 3. The highest BCUT2D eigenvalue weighted by Gasteiger charge is 2.33. The van der Waals surface area contributed by atoms with E-state index >= 15 is 0 Å². The smallest absolute Gasteiger partial charge is 0.416 e. The van der Waals surface area contributed by atoms with Crippen molar-refractivity contribution in [2.75, 3.05) is 26.2 Å². The lowest BCUT2D eigenvalue weighted by atomic mass is 10.1. The molecule has 1 saturated heterocycles. The van der Waals surface area contributed by atoms with E-state index in [0.29, 0.717) is 66.0 Å². The van der Waals surface area contributed by atoms with Gasteiger partial charge in [-0.05, 0) is 61.0 Å². The first kappa shape index (κ1) is 23.2. The summed E-state index contributed by atoms with van der Waals surface area (Å²) in [5.74, 6) is 1.03. The summed E-state index contributed by atoms with van der Waals surface area (Å²) in [5.41, 5.74) is 0.790. The van der Waals surface area contributed by atoms with E-state index in [9.17, 15) is 18.0 Å². The maximum Gasteiger partial charge on any atom is 0.416 e. The van der Waals surface area contributed by atoms with Crippen LogP contribution in [0.15, 0.2) is 71.7 Å². The van der Waals surface area contributed by atoms with Crippen molar-refractivity contribution in [2.45, 2.75) is 12.6 Å². The minimum Gasteiger partial charge on any atom is -0.454 e. The molecule has 9 heteroatoms. The molecule has 180 valence electrons. The van der Waals surface area contributed by atoms with Crippen LogP contribution < -0.4 is 4.74 Å². The van der Waals surface area contributed by atoms with Crippen LogP contribution in [-0.2, 0) is 6.18 Å². The summed E-state index contributed by atoms with van der Waals surface area (Å²) in [7, 11) is 0. The number of carbonyl (C=O) groups is 1. The molecule has 1 amide bonds. The number of nitrogens with zero attached hydrogens (tertiary/aromatic N) is 3. The third-order valence-electron chi connectivity index (χ3n) is 6.04. The SMILES string of the molecule is O=C(c1ccc(Cl)cc1)N1CCCN(C2=Nc3ccc(C(F)(F)F)cc3Oc3ccccc32)CC1. The van der Waals surface area contributed by atoms with Gasteiger partial charge in [-0.15, -0.1) is 0 Å². The van der Waals surface area contributed by atoms with Crippen molar-refractivity contribution >= 4 is 29.0 Å². The maximum atomic E-state index is 13.3. The van der Waals surface area contributed by atoms with E-state index < -0.39 is 11.7 Å². The van der Waals surface area contributed by atoms with Gasteiger partial charge >= 0.3 is 6.18 Å². The van der Waals surface area contributed by atoms with Crippen molar-refractivity contribution in [3.63, 3.8) is 0 Å². The van der Waals surface area contributed by atoms with Gasteiger partial charge in [0.05, 0.1) is 11.1 Å². The third kappa shape index (κ3) is 4.84. The molecular formula is C26H21ClF3N3O2. The molecule has 0 bridgehead atoms. The van der Waals surface area contributed by atoms with Crippen LogP contribution in [0.5, 0.6) is 11.5 Å². The zero-order valence-corrected chi connectivity index (χ0v) is 19.3. The average Bonchev–Trinajstić information content (AvgIpc) is 3.18. The molecule has 5 nitrogen and oxygen atoms in total. The number of fused-ring (bicyclic) bond motifs is 2. The molecule has 0 saturated carbocycles. The van der Waals surface area contributed by atoms with E-state index in [0.717, 1.165) is 12.1 Å². The van der Waals surface area contributed by atoms with Crippen LogP contribution in [0.1, 0.15) is 27.9 Å². The van der Waals surface area contributed by atoms with E-state index in [-0.39, 0.29) is 11.7 Å². The second-order valence-corrected chi connectivity index (χ2v) is 8.79. The third-order valence-corrected chi connectivity index (χ3v) is 6.29.